The van der Waals surface area contributed by atoms with Crippen LogP contribution in [0.3, 0.4) is 0 Å². The van der Waals surface area contributed by atoms with E-state index in [0.717, 1.165) is 5.75 Å². The molecule has 2 aromatic rings. The monoisotopic (exact) mass is 303 g/mol. The minimum atomic E-state index is -0.221. The van der Waals surface area contributed by atoms with E-state index >= 15 is 0 Å². The summed E-state index contributed by atoms with van der Waals surface area (Å²) in [5.74, 6) is 1.09. The van der Waals surface area contributed by atoms with E-state index < -0.39 is 0 Å². The molecule has 2 aromatic carbocycles. The number of ether oxygens (including phenoxy) is 1. The van der Waals surface area contributed by atoms with Gasteiger partial charge < -0.3 is 10.1 Å². The highest BCUT2D eigenvalue weighted by molar-refractivity contribution is 7.98. The fraction of sp³-hybridized carbons (Fsp3) is 0.294. The summed E-state index contributed by atoms with van der Waals surface area (Å²) in [7, 11) is 0. The van der Waals surface area contributed by atoms with Gasteiger partial charge in [0.15, 0.2) is 0 Å². The molecule has 1 aliphatic carbocycles. The van der Waals surface area contributed by atoms with Crippen molar-refractivity contribution in [2.45, 2.75) is 30.3 Å². The molecule has 0 bridgehead atoms. The molecule has 0 amide bonds. The molecule has 0 spiro atoms. The Balaban J connectivity index is 1.77. The van der Waals surface area contributed by atoms with Crippen LogP contribution in [0, 0.1) is 5.82 Å². The summed E-state index contributed by atoms with van der Waals surface area (Å²) < 4.78 is 19.9. The molecule has 2 nitrogen and oxygen atoms in total. The first-order valence-electron chi connectivity index (χ1n) is 7.09. The van der Waals surface area contributed by atoms with Gasteiger partial charge in [-0.2, -0.15) is 0 Å². The molecule has 0 radical (unpaired) electrons. The average molecular weight is 303 g/mol. The Morgan fingerprint density at radius 2 is 1.95 bits per heavy atom. The molecule has 1 saturated carbocycles. The van der Waals surface area contributed by atoms with Crippen LogP contribution in [0.5, 0.6) is 11.5 Å². The Morgan fingerprint density at radius 3 is 2.62 bits per heavy atom. The van der Waals surface area contributed by atoms with Crippen LogP contribution < -0.4 is 10.1 Å². The van der Waals surface area contributed by atoms with Crippen molar-refractivity contribution in [3.63, 3.8) is 0 Å². The van der Waals surface area contributed by atoms with Gasteiger partial charge in [0.1, 0.15) is 17.3 Å². The van der Waals surface area contributed by atoms with Gasteiger partial charge in [-0.25, -0.2) is 4.39 Å². The van der Waals surface area contributed by atoms with Crippen molar-refractivity contribution in [1.29, 1.82) is 0 Å². The van der Waals surface area contributed by atoms with Crippen LogP contribution in [0.1, 0.15) is 18.4 Å². The molecule has 0 heterocycles. The number of hydrogen-bond donors (Lipinski definition) is 1. The maximum Gasteiger partial charge on any atom is 0.134 e. The molecule has 110 valence electrons. The van der Waals surface area contributed by atoms with Crippen molar-refractivity contribution in [2.75, 3.05) is 6.26 Å². The molecule has 0 aliphatic heterocycles. The zero-order chi connectivity index (χ0) is 14.7. The van der Waals surface area contributed by atoms with Crippen LogP contribution in [0.4, 0.5) is 4.39 Å². The Morgan fingerprint density at radius 1 is 1.19 bits per heavy atom. The summed E-state index contributed by atoms with van der Waals surface area (Å²) in [5.41, 5.74) is 0.596. The van der Waals surface area contributed by atoms with Gasteiger partial charge in [0, 0.05) is 23.0 Å². The number of rotatable bonds is 6. The first-order chi connectivity index (χ1) is 10.3. The lowest BCUT2D eigenvalue weighted by atomic mass is 10.2. The standard InChI is InChI=1S/C17H18FNOS/c1-21-14-9-7-13(8-10-14)20-17-4-2-3-16(18)15(17)11-19-12-5-6-12/h2-4,7-10,12,19H,5-6,11H2,1H3. The second-order valence-corrected chi connectivity index (χ2v) is 6.03. The molecule has 1 fully saturated rings. The van der Waals surface area contributed by atoms with E-state index in [0.29, 0.717) is 23.9 Å². The summed E-state index contributed by atoms with van der Waals surface area (Å²) in [5, 5.41) is 3.33. The lowest BCUT2D eigenvalue weighted by Crippen LogP contribution is -2.16. The number of hydrogen-bond acceptors (Lipinski definition) is 3. The summed E-state index contributed by atoms with van der Waals surface area (Å²) >= 11 is 1.68. The fourth-order valence-corrected chi connectivity index (χ4v) is 2.52. The van der Waals surface area contributed by atoms with Gasteiger partial charge in [-0.1, -0.05) is 6.07 Å². The Hall–Kier alpha value is -1.52. The second kappa shape index (κ2) is 6.50. The van der Waals surface area contributed by atoms with Gasteiger partial charge in [0.05, 0.1) is 0 Å². The first-order valence-corrected chi connectivity index (χ1v) is 8.31. The second-order valence-electron chi connectivity index (χ2n) is 5.15. The average Bonchev–Trinajstić information content (AvgIpc) is 3.32. The molecule has 3 rings (SSSR count). The first kappa shape index (κ1) is 14.4. The number of thioether (sulfide) groups is 1. The van der Waals surface area contributed by atoms with E-state index in [1.54, 1.807) is 17.8 Å². The van der Waals surface area contributed by atoms with Crippen LogP contribution in [-0.4, -0.2) is 12.3 Å². The molecule has 1 aliphatic rings. The van der Waals surface area contributed by atoms with E-state index in [1.165, 1.54) is 23.8 Å². The van der Waals surface area contributed by atoms with E-state index in [4.69, 9.17) is 4.74 Å². The largest absolute Gasteiger partial charge is 0.457 e. The normalized spacial score (nSPS) is 14.2. The number of nitrogens with one attached hydrogen (secondary N) is 1. The van der Waals surface area contributed by atoms with Gasteiger partial charge in [-0.15, -0.1) is 11.8 Å². The lowest BCUT2D eigenvalue weighted by Gasteiger charge is -2.13. The number of halogens is 1. The van der Waals surface area contributed by atoms with Gasteiger partial charge in [-0.05, 0) is 55.5 Å². The zero-order valence-electron chi connectivity index (χ0n) is 11.9. The van der Waals surface area contributed by atoms with Crippen molar-refractivity contribution in [3.05, 3.63) is 53.8 Å². The highest BCUT2D eigenvalue weighted by Gasteiger charge is 2.21. The topological polar surface area (TPSA) is 21.3 Å². The van der Waals surface area contributed by atoms with Crippen molar-refractivity contribution in [1.82, 2.24) is 5.32 Å². The van der Waals surface area contributed by atoms with Gasteiger partial charge in [0.2, 0.25) is 0 Å². The third-order valence-electron chi connectivity index (χ3n) is 3.51. The summed E-state index contributed by atoms with van der Waals surface area (Å²) in [6.07, 6.45) is 4.39. The van der Waals surface area contributed by atoms with Crippen molar-refractivity contribution < 1.29 is 9.13 Å². The van der Waals surface area contributed by atoms with Crippen molar-refractivity contribution in [3.8, 4) is 11.5 Å². The van der Waals surface area contributed by atoms with Gasteiger partial charge in [0.25, 0.3) is 0 Å². The summed E-state index contributed by atoms with van der Waals surface area (Å²) in [6, 6.07) is 13.3. The fourth-order valence-electron chi connectivity index (χ4n) is 2.11. The Kier molecular flexibility index (Phi) is 4.46. The molecule has 1 N–H and O–H groups in total. The quantitative estimate of drug-likeness (QED) is 0.789. The van der Waals surface area contributed by atoms with E-state index in [-0.39, 0.29) is 5.82 Å². The van der Waals surface area contributed by atoms with Crippen molar-refractivity contribution >= 4 is 11.8 Å². The summed E-state index contributed by atoms with van der Waals surface area (Å²) in [6.45, 7) is 0.509. The lowest BCUT2D eigenvalue weighted by molar-refractivity contribution is 0.461. The summed E-state index contributed by atoms with van der Waals surface area (Å²) in [4.78, 5) is 1.18. The van der Waals surface area contributed by atoms with Crippen LogP contribution in [0.25, 0.3) is 0 Å². The molecule has 0 unspecified atom stereocenters. The minimum absolute atomic E-state index is 0.221. The smallest absolute Gasteiger partial charge is 0.134 e. The highest BCUT2D eigenvalue weighted by Crippen LogP contribution is 2.29. The third kappa shape index (κ3) is 3.77. The zero-order valence-corrected chi connectivity index (χ0v) is 12.8. The van der Waals surface area contributed by atoms with E-state index in [2.05, 4.69) is 5.32 Å². The van der Waals surface area contributed by atoms with Gasteiger partial charge in [-0.3, -0.25) is 0 Å². The Bertz CT molecular complexity index is 611. The molecular formula is C17H18FNOS. The SMILES string of the molecule is CSc1ccc(Oc2cccc(F)c2CNC2CC2)cc1. The molecule has 21 heavy (non-hydrogen) atoms. The minimum Gasteiger partial charge on any atom is -0.457 e. The highest BCUT2D eigenvalue weighted by atomic mass is 32.2. The van der Waals surface area contributed by atoms with Crippen molar-refractivity contribution in [2.24, 2.45) is 0 Å². The van der Waals surface area contributed by atoms with E-state index in [9.17, 15) is 4.39 Å². The molecule has 4 heteroatoms. The maximum absolute atomic E-state index is 14.0. The van der Waals surface area contributed by atoms with Crippen LogP contribution in [0.2, 0.25) is 0 Å². The van der Waals surface area contributed by atoms with Gasteiger partial charge >= 0.3 is 0 Å². The number of benzene rings is 2. The third-order valence-corrected chi connectivity index (χ3v) is 4.25. The molecular weight excluding hydrogens is 285 g/mol. The Labute approximate surface area is 128 Å². The maximum atomic E-state index is 14.0. The predicted octanol–water partition coefficient (Wildman–Crippen LogP) is 4.59. The van der Waals surface area contributed by atoms with E-state index in [1.807, 2.05) is 36.6 Å². The molecule has 0 atom stereocenters. The molecule has 0 aromatic heterocycles. The predicted molar refractivity (Wildman–Crippen MR) is 84.6 cm³/mol. The van der Waals surface area contributed by atoms with Crippen LogP contribution in [-0.2, 0) is 6.54 Å². The van der Waals surface area contributed by atoms with Crippen LogP contribution in [0.15, 0.2) is 47.4 Å². The van der Waals surface area contributed by atoms with Crippen LogP contribution >= 0.6 is 11.8 Å². The molecule has 0 saturated heterocycles.